The highest BCUT2D eigenvalue weighted by Crippen LogP contribution is 2.17. The maximum absolute atomic E-state index is 5.85. The zero-order chi connectivity index (χ0) is 15.4. The van der Waals surface area contributed by atoms with Gasteiger partial charge in [0.15, 0.2) is 0 Å². The molecule has 0 saturated heterocycles. The molecule has 1 N–H and O–H groups in total. The van der Waals surface area contributed by atoms with Crippen LogP contribution in [0.1, 0.15) is 24.2 Å². The third-order valence-corrected chi connectivity index (χ3v) is 3.77. The van der Waals surface area contributed by atoms with Crippen LogP contribution in [0, 0.1) is 0 Å². The highest BCUT2D eigenvalue weighted by atomic mass is 35.5. The highest BCUT2D eigenvalue weighted by molar-refractivity contribution is 6.30. The second-order valence-electron chi connectivity index (χ2n) is 5.14. The fraction of sp³-hybridized carbons (Fsp3) is 0.176. The van der Waals surface area contributed by atoms with Crippen molar-refractivity contribution in [3.8, 4) is 5.69 Å². The molecule has 0 aliphatic heterocycles. The van der Waals surface area contributed by atoms with Gasteiger partial charge in [0.1, 0.15) is 0 Å². The maximum atomic E-state index is 5.85. The van der Waals surface area contributed by atoms with E-state index in [1.54, 1.807) is 18.7 Å². The summed E-state index contributed by atoms with van der Waals surface area (Å²) in [7, 11) is 0. The number of aromatic nitrogens is 3. The first kappa shape index (κ1) is 14.8. The predicted octanol–water partition coefficient (Wildman–Crippen LogP) is 3.77. The summed E-state index contributed by atoms with van der Waals surface area (Å²) < 4.78 is 2.00. The first-order chi connectivity index (χ1) is 10.7. The first-order valence-corrected chi connectivity index (χ1v) is 7.52. The Hall–Kier alpha value is -2.17. The van der Waals surface area contributed by atoms with Crippen molar-refractivity contribution in [2.75, 3.05) is 0 Å². The number of rotatable bonds is 5. The summed E-state index contributed by atoms with van der Waals surface area (Å²) in [6.07, 6.45) is 7.19. The van der Waals surface area contributed by atoms with Gasteiger partial charge in [-0.3, -0.25) is 4.98 Å². The van der Waals surface area contributed by atoms with Crippen LogP contribution in [0.3, 0.4) is 0 Å². The molecule has 1 atom stereocenters. The van der Waals surface area contributed by atoms with Gasteiger partial charge < -0.3 is 9.88 Å². The van der Waals surface area contributed by atoms with Gasteiger partial charge in [-0.05, 0) is 36.8 Å². The van der Waals surface area contributed by atoms with E-state index < -0.39 is 0 Å². The van der Waals surface area contributed by atoms with Crippen molar-refractivity contribution in [2.45, 2.75) is 19.5 Å². The SMILES string of the molecule is C[C@@H](NCc1ccc(Cl)cn1)c1cccc(-n2ccnc2)c1. The van der Waals surface area contributed by atoms with Crippen molar-refractivity contribution < 1.29 is 0 Å². The van der Waals surface area contributed by atoms with Gasteiger partial charge in [-0.2, -0.15) is 0 Å². The van der Waals surface area contributed by atoms with Crippen LogP contribution in [0.5, 0.6) is 0 Å². The van der Waals surface area contributed by atoms with Crippen LogP contribution in [0.15, 0.2) is 61.3 Å². The maximum Gasteiger partial charge on any atom is 0.0991 e. The zero-order valence-corrected chi connectivity index (χ0v) is 13.0. The molecule has 3 rings (SSSR count). The van der Waals surface area contributed by atoms with Crippen molar-refractivity contribution in [2.24, 2.45) is 0 Å². The number of nitrogens with one attached hydrogen (secondary N) is 1. The van der Waals surface area contributed by atoms with Gasteiger partial charge >= 0.3 is 0 Å². The summed E-state index contributed by atoms with van der Waals surface area (Å²) >= 11 is 5.85. The van der Waals surface area contributed by atoms with Crippen molar-refractivity contribution in [3.63, 3.8) is 0 Å². The molecule has 22 heavy (non-hydrogen) atoms. The predicted molar refractivity (Wildman–Crippen MR) is 88.1 cm³/mol. The molecule has 0 bridgehead atoms. The molecule has 0 unspecified atom stereocenters. The Morgan fingerprint density at radius 1 is 1.27 bits per heavy atom. The average molecular weight is 313 g/mol. The second-order valence-corrected chi connectivity index (χ2v) is 5.57. The van der Waals surface area contributed by atoms with Crippen molar-refractivity contribution in [1.29, 1.82) is 0 Å². The number of benzene rings is 1. The Bertz CT molecular complexity index is 723. The smallest absolute Gasteiger partial charge is 0.0991 e. The molecule has 3 aromatic rings. The molecule has 0 radical (unpaired) electrons. The Balaban J connectivity index is 1.68. The normalized spacial score (nSPS) is 12.3. The molecular weight excluding hydrogens is 296 g/mol. The first-order valence-electron chi connectivity index (χ1n) is 7.14. The third-order valence-electron chi connectivity index (χ3n) is 3.55. The van der Waals surface area contributed by atoms with Crippen LogP contribution in [0.2, 0.25) is 5.02 Å². The Labute approximate surface area is 134 Å². The molecule has 0 aliphatic carbocycles. The number of halogens is 1. The van der Waals surface area contributed by atoms with Crippen LogP contribution >= 0.6 is 11.6 Å². The van der Waals surface area contributed by atoms with Crippen LogP contribution in [-0.2, 0) is 6.54 Å². The third kappa shape index (κ3) is 3.53. The summed E-state index contributed by atoms with van der Waals surface area (Å²) in [4.78, 5) is 8.38. The fourth-order valence-corrected chi connectivity index (χ4v) is 2.36. The number of pyridine rings is 1. The van der Waals surface area contributed by atoms with Crippen molar-refractivity contribution in [3.05, 3.63) is 77.6 Å². The van der Waals surface area contributed by atoms with E-state index in [-0.39, 0.29) is 6.04 Å². The number of imidazole rings is 1. The Kier molecular flexibility index (Phi) is 4.51. The van der Waals surface area contributed by atoms with Gasteiger partial charge in [-0.25, -0.2) is 4.98 Å². The summed E-state index contributed by atoms with van der Waals surface area (Å²) in [5.74, 6) is 0. The van der Waals surface area contributed by atoms with Crippen LogP contribution < -0.4 is 5.32 Å². The quantitative estimate of drug-likeness (QED) is 0.780. The molecule has 0 spiro atoms. The lowest BCUT2D eigenvalue weighted by Crippen LogP contribution is -2.18. The van der Waals surface area contributed by atoms with Crippen LogP contribution in [0.4, 0.5) is 0 Å². The fourth-order valence-electron chi connectivity index (χ4n) is 2.25. The van der Waals surface area contributed by atoms with Gasteiger partial charge in [0.05, 0.1) is 17.0 Å². The summed E-state index contributed by atoms with van der Waals surface area (Å²) in [6, 6.07) is 12.4. The Morgan fingerprint density at radius 3 is 2.91 bits per heavy atom. The van der Waals surface area contributed by atoms with Gasteiger partial charge in [0.2, 0.25) is 0 Å². The van der Waals surface area contributed by atoms with Crippen molar-refractivity contribution >= 4 is 11.6 Å². The summed E-state index contributed by atoms with van der Waals surface area (Å²) in [5.41, 5.74) is 3.30. The number of hydrogen-bond acceptors (Lipinski definition) is 3. The molecule has 0 amide bonds. The molecule has 0 saturated carbocycles. The van der Waals surface area contributed by atoms with E-state index in [0.717, 1.165) is 11.4 Å². The topological polar surface area (TPSA) is 42.7 Å². The number of hydrogen-bond donors (Lipinski definition) is 1. The molecule has 0 aliphatic rings. The molecule has 2 aromatic heterocycles. The van der Waals surface area contributed by atoms with Gasteiger partial charge in [-0.15, -0.1) is 0 Å². The van der Waals surface area contributed by atoms with Crippen molar-refractivity contribution in [1.82, 2.24) is 19.9 Å². The standard InChI is InChI=1S/C17H17ClN4/c1-13(20-11-16-6-5-15(18)10-21-16)14-3-2-4-17(9-14)22-8-7-19-12-22/h2-10,12-13,20H,11H2,1H3/t13-/m1/s1. The largest absolute Gasteiger partial charge is 0.306 e. The average Bonchev–Trinajstić information content (AvgIpc) is 3.09. The minimum Gasteiger partial charge on any atom is -0.306 e. The van der Waals surface area contributed by atoms with Gasteiger partial charge in [0.25, 0.3) is 0 Å². The van der Waals surface area contributed by atoms with E-state index in [0.29, 0.717) is 11.6 Å². The molecule has 0 fully saturated rings. The van der Waals surface area contributed by atoms with Gasteiger partial charge in [-0.1, -0.05) is 23.7 Å². The molecular formula is C17H17ClN4. The second kappa shape index (κ2) is 6.73. The Morgan fingerprint density at radius 2 is 2.18 bits per heavy atom. The van der Waals surface area contributed by atoms with Crippen LogP contribution in [-0.4, -0.2) is 14.5 Å². The van der Waals surface area contributed by atoms with E-state index in [1.165, 1.54) is 5.56 Å². The molecule has 4 nitrogen and oxygen atoms in total. The van der Waals surface area contributed by atoms with Gasteiger partial charge in [0, 0.05) is 36.9 Å². The minimum absolute atomic E-state index is 0.223. The van der Waals surface area contributed by atoms with E-state index in [9.17, 15) is 0 Å². The van der Waals surface area contributed by atoms with E-state index in [4.69, 9.17) is 11.6 Å². The molecule has 2 heterocycles. The lowest BCUT2D eigenvalue weighted by Gasteiger charge is -2.15. The molecule has 5 heteroatoms. The zero-order valence-electron chi connectivity index (χ0n) is 12.3. The summed E-state index contributed by atoms with van der Waals surface area (Å²) in [5, 5.41) is 4.13. The lowest BCUT2D eigenvalue weighted by molar-refractivity contribution is 0.567. The van der Waals surface area contributed by atoms with Crippen LogP contribution in [0.25, 0.3) is 5.69 Å². The molecule has 112 valence electrons. The van der Waals surface area contributed by atoms with E-state index in [2.05, 4.69) is 46.5 Å². The van der Waals surface area contributed by atoms with E-state index in [1.807, 2.05) is 22.9 Å². The number of nitrogens with zero attached hydrogens (tertiary/aromatic N) is 3. The molecule has 1 aromatic carbocycles. The lowest BCUT2D eigenvalue weighted by atomic mass is 10.1. The highest BCUT2D eigenvalue weighted by Gasteiger charge is 2.07. The minimum atomic E-state index is 0.223. The van der Waals surface area contributed by atoms with E-state index >= 15 is 0 Å². The monoisotopic (exact) mass is 312 g/mol. The summed E-state index contributed by atoms with van der Waals surface area (Å²) in [6.45, 7) is 2.84.